The van der Waals surface area contributed by atoms with E-state index in [4.69, 9.17) is 16.7 Å². The van der Waals surface area contributed by atoms with Gasteiger partial charge in [-0.3, -0.25) is 4.68 Å². The molecular formula is C26H25ClN2. The van der Waals surface area contributed by atoms with E-state index in [1.807, 2.05) is 12.1 Å². The Bertz CT molecular complexity index is 1170. The molecule has 0 bridgehead atoms. The van der Waals surface area contributed by atoms with Gasteiger partial charge in [0, 0.05) is 16.1 Å². The van der Waals surface area contributed by atoms with Crippen LogP contribution in [0.1, 0.15) is 27.8 Å². The zero-order chi connectivity index (χ0) is 20.5. The minimum atomic E-state index is 0.699. The largest absolute Gasteiger partial charge is 0.260 e. The lowest BCUT2D eigenvalue weighted by Gasteiger charge is -2.10. The molecule has 0 aliphatic heterocycles. The van der Waals surface area contributed by atoms with Gasteiger partial charge in [-0.05, 0) is 85.8 Å². The third-order valence-electron chi connectivity index (χ3n) is 5.63. The van der Waals surface area contributed by atoms with Gasteiger partial charge in [-0.15, -0.1) is 0 Å². The second kappa shape index (κ2) is 7.88. The van der Waals surface area contributed by atoms with Gasteiger partial charge in [0.05, 0.1) is 17.9 Å². The van der Waals surface area contributed by atoms with E-state index in [0.29, 0.717) is 6.54 Å². The lowest BCUT2D eigenvalue weighted by atomic mass is 10.0. The van der Waals surface area contributed by atoms with Crippen molar-refractivity contribution < 1.29 is 0 Å². The van der Waals surface area contributed by atoms with E-state index < -0.39 is 0 Å². The monoisotopic (exact) mass is 400 g/mol. The first-order valence-corrected chi connectivity index (χ1v) is 10.3. The highest BCUT2D eigenvalue weighted by atomic mass is 35.5. The minimum Gasteiger partial charge on any atom is -0.260 e. The summed E-state index contributed by atoms with van der Waals surface area (Å²) in [6, 6.07) is 23.3. The fraction of sp³-hybridized carbons (Fsp3) is 0.192. The summed E-state index contributed by atoms with van der Waals surface area (Å²) in [6.07, 6.45) is 0. The van der Waals surface area contributed by atoms with Gasteiger partial charge < -0.3 is 0 Å². The van der Waals surface area contributed by atoms with Crippen LogP contribution < -0.4 is 0 Å². The van der Waals surface area contributed by atoms with Gasteiger partial charge in [0.2, 0.25) is 0 Å². The van der Waals surface area contributed by atoms with Crippen LogP contribution >= 0.6 is 11.6 Å². The molecule has 3 heteroatoms. The van der Waals surface area contributed by atoms with Gasteiger partial charge in [-0.25, -0.2) is 0 Å². The van der Waals surface area contributed by atoms with Gasteiger partial charge in [0.15, 0.2) is 0 Å². The van der Waals surface area contributed by atoms with Crippen molar-refractivity contribution in [1.82, 2.24) is 9.78 Å². The number of hydrogen-bond acceptors (Lipinski definition) is 1. The highest BCUT2D eigenvalue weighted by molar-refractivity contribution is 6.30. The molecule has 2 nitrogen and oxygen atoms in total. The maximum Gasteiger partial charge on any atom is 0.0929 e. The Hall–Kier alpha value is -2.84. The van der Waals surface area contributed by atoms with E-state index in [-0.39, 0.29) is 0 Å². The zero-order valence-electron chi connectivity index (χ0n) is 17.3. The standard InChI is InChI=1S/C26H25ClN2/c1-17-5-9-22(13-19(17)3)25-15-26(23-10-6-18(2)20(4)14-23)29(28-25)16-21-7-11-24(27)12-8-21/h5-15H,16H2,1-4H3. The van der Waals surface area contributed by atoms with Crippen LogP contribution in [0.2, 0.25) is 5.02 Å². The molecule has 1 heterocycles. The van der Waals surface area contributed by atoms with Crippen LogP contribution in [0, 0.1) is 27.7 Å². The first kappa shape index (κ1) is 19.5. The summed E-state index contributed by atoms with van der Waals surface area (Å²) in [5.41, 5.74) is 10.8. The second-order valence-electron chi connectivity index (χ2n) is 7.80. The molecule has 0 aliphatic carbocycles. The average Bonchev–Trinajstić information content (AvgIpc) is 3.12. The maximum absolute atomic E-state index is 6.06. The van der Waals surface area contributed by atoms with Gasteiger partial charge in [-0.1, -0.05) is 48.0 Å². The van der Waals surface area contributed by atoms with E-state index in [1.165, 1.54) is 33.4 Å². The van der Waals surface area contributed by atoms with E-state index in [2.05, 4.69) is 87.0 Å². The predicted octanol–water partition coefficient (Wildman–Crippen LogP) is 7.15. The van der Waals surface area contributed by atoms with E-state index in [1.54, 1.807) is 0 Å². The van der Waals surface area contributed by atoms with Gasteiger partial charge in [0.25, 0.3) is 0 Å². The SMILES string of the molecule is Cc1ccc(-c2cc(-c3ccc(C)c(C)c3)n(Cc3ccc(Cl)cc3)n2)cc1C. The third kappa shape index (κ3) is 4.13. The molecule has 146 valence electrons. The van der Waals surface area contributed by atoms with Gasteiger partial charge >= 0.3 is 0 Å². The van der Waals surface area contributed by atoms with E-state index >= 15 is 0 Å². The molecule has 0 spiro atoms. The Morgan fingerprint density at radius 2 is 1.28 bits per heavy atom. The number of halogens is 1. The molecule has 1 aromatic heterocycles. The Morgan fingerprint density at radius 3 is 1.90 bits per heavy atom. The Morgan fingerprint density at radius 1 is 0.690 bits per heavy atom. The molecule has 0 radical (unpaired) electrons. The molecule has 0 N–H and O–H groups in total. The molecule has 0 atom stereocenters. The van der Waals surface area contributed by atoms with Crippen molar-refractivity contribution in [1.29, 1.82) is 0 Å². The van der Waals surface area contributed by atoms with Crippen molar-refractivity contribution in [2.45, 2.75) is 34.2 Å². The van der Waals surface area contributed by atoms with Crippen LogP contribution in [-0.2, 0) is 6.54 Å². The lowest BCUT2D eigenvalue weighted by Crippen LogP contribution is -2.04. The molecular weight excluding hydrogens is 376 g/mol. The van der Waals surface area contributed by atoms with Crippen molar-refractivity contribution >= 4 is 11.6 Å². The van der Waals surface area contributed by atoms with Gasteiger partial charge in [-0.2, -0.15) is 5.10 Å². The van der Waals surface area contributed by atoms with Crippen LogP contribution in [-0.4, -0.2) is 9.78 Å². The summed E-state index contributed by atoms with van der Waals surface area (Å²) in [5, 5.41) is 5.73. The number of aryl methyl sites for hydroxylation is 4. The molecule has 0 saturated heterocycles. The predicted molar refractivity (Wildman–Crippen MR) is 123 cm³/mol. The summed E-state index contributed by atoms with van der Waals surface area (Å²) < 4.78 is 2.10. The van der Waals surface area contributed by atoms with Crippen LogP contribution in [0.15, 0.2) is 66.7 Å². The van der Waals surface area contributed by atoms with Crippen molar-refractivity contribution in [3.05, 3.63) is 99.6 Å². The number of aromatic nitrogens is 2. The molecule has 0 saturated carbocycles. The molecule has 0 aliphatic rings. The smallest absolute Gasteiger partial charge is 0.0929 e. The van der Waals surface area contributed by atoms with Crippen molar-refractivity contribution in [3.63, 3.8) is 0 Å². The van der Waals surface area contributed by atoms with E-state index in [0.717, 1.165) is 22.0 Å². The Labute approximate surface area is 177 Å². The topological polar surface area (TPSA) is 17.8 Å². The lowest BCUT2D eigenvalue weighted by molar-refractivity contribution is 0.697. The Balaban J connectivity index is 1.82. The number of rotatable bonds is 4. The molecule has 0 unspecified atom stereocenters. The fourth-order valence-corrected chi connectivity index (χ4v) is 3.60. The zero-order valence-corrected chi connectivity index (χ0v) is 18.1. The number of benzene rings is 3. The Kier molecular flexibility index (Phi) is 5.29. The van der Waals surface area contributed by atoms with Gasteiger partial charge in [0.1, 0.15) is 0 Å². The number of hydrogen-bond donors (Lipinski definition) is 0. The molecule has 3 aromatic carbocycles. The van der Waals surface area contributed by atoms with Crippen LogP contribution in [0.5, 0.6) is 0 Å². The third-order valence-corrected chi connectivity index (χ3v) is 5.88. The number of nitrogens with zero attached hydrogens (tertiary/aromatic N) is 2. The molecule has 0 fully saturated rings. The first-order chi connectivity index (χ1) is 13.9. The van der Waals surface area contributed by atoms with Crippen LogP contribution in [0.25, 0.3) is 22.5 Å². The molecule has 29 heavy (non-hydrogen) atoms. The van der Waals surface area contributed by atoms with Crippen LogP contribution in [0.3, 0.4) is 0 Å². The average molecular weight is 401 g/mol. The quantitative estimate of drug-likeness (QED) is 0.355. The highest BCUT2D eigenvalue weighted by Gasteiger charge is 2.13. The molecule has 0 amide bonds. The second-order valence-corrected chi connectivity index (χ2v) is 8.23. The maximum atomic E-state index is 6.06. The fourth-order valence-electron chi connectivity index (χ4n) is 3.47. The van der Waals surface area contributed by atoms with E-state index in [9.17, 15) is 0 Å². The summed E-state index contributed by atoms with van der Waals surface area (Å²) in [6.45, 7) is 9.28. The molecule has 4 aromatic rings. The summed E-state index contributed by atoms with van der Waals surface area (Å²) in [7, 11) is 0. The summed E-state index contributed by atoms with van der Waals surface area (Å²) in [5.74, 6) is 0. The van der Waals surface area contributed by atoms with Crippen LogP contribution in [0.4, 0.5) is 0 Å². The van der Waals surface area contributed by atoms with Crippen molar-refractivity contribution in [3.8, 4) is 22.5 Å². The summed E-state index contributed by atoms with van der Waals surface area (Å²) in [4.78, 5) is 0. The normalized spacial score (nSPS) is 11.1. The highest BCUT2D eigenvalue weighted by Crippen LogP contribution is 2.29. The summed E-state index contributed by atoms with van der Waals surface area (Å²) >= 11 is 6.06. The van der Waals surface area contributed by atoms with Crippen molar-refractivity contribution in [2.24, 2.45) is 0 Å². The van der Waals surface area contributed by atoms with Crippen molar-refractivity contribution in [2.75, 3.05) is 0 Å². The molecule has 4 rings (SSSR count). The first-order valence-electron chi connectivity index (χ1n) is 9.88. The minimum absolute atomic E-state index is 0.699.